The number of carbonyl (C=O) groups excluding carboxylic acids is 2. The molecule has 190 valence electrons. The van der Waals surface area contributed by atoms with Crippen molar-refractivity contribution in [2.45, 2.75) is 39.0 Å². The van der Waals surface area contributed by atoms with E-state index in [9.17, 15) is 9.59 Å². The molecule has 0 aliphatic heterocycles. The van der Waals surface area contributed by atoms with Gasteiger partial charge in [0.1, 0.15) is 12.1 Å². The summed E-state index contributed by atoms with van der Waals surface area (Å²) < 4.78 is 10.7. The summed E-state index contributed by atoms with van der Waals surface area (Å²) >= 11 is 0. The van der Waals surface area contributed by atoms with Gasteiger partial charge in [-0.1, -0.05) is 84.9 Å². The van der Waals surface area contributed by atoms with E-state index in [0.29, 0.717) is 26.3 Å². The summed E-state index contributed by atoms with van der Waals surface area (Å²) in [5.74, 6) is -0.524. The zero-order valence-electron chi connectivity index (χ0n) is 21.6. The summed E-state index contributed by atoms with van der Waals surface area (Å²) in [6.45, 7) is 5.44. The van der Waals surface area contributed by atoms with Crippen molar-refractivity contribution >= 4 is 11.9 Å². The van der Waals surface area contributed by atoms with Gasteiger partial charge in [-0.05, 0) is 50.2 Å². The summed E-state index contributed by atoms with van der Waals surface area (Å²) in [6, 6.07) is 26.6. The molecular weight excluding hydrogens is 452 g/mol. The van der Waals surface area contributed by atoms with Gasteiger partial charge in [-0.2, -0.15) is 0 Å². The molecule has 6 nitrogen and oxygen atoms in total. The Morgan fingerprint density at radius 3 is 1.39 bits per heavy atom. The van der Waals surface area contributed by atoms with Gasteiger partial charge in [0.15, 0.2) is 0 Å². The lowest BCUT2D eigenvalue weighted by Crippen LogP contribution is -2.32. The van der Waals surface area contributed by atoms with Gasteiger partial charge in [0.25, 0.3) is 0 Å². The first kappa shape index (κ1) is 27.1. The Balaban J connectivity index is 1.78. The van der Waals surface area contributed by atoms with Crippen LogP contribution in [-0.2, 0) is 32.2 Å². The Bertz CT molecular complexity index is 1020. The van der Waals surface area contributed by atoms with Gasteiger partial charge in [0.05, 0.1) is 13.2 Å². The molecule has 0 aliphatic rings. The third-order valence-corrected chi connectivity index (χ3v) is 5.99. The van der Waals surface area contributed by atoms with Crippen molar-refractivity contribution in [1.82, 2.24) is 9.80 Å². The quantitative estimate of drug-likeness (QED) is 0.328. The third kappa shape index (κ3) is 7.26. The fraction of sp³-hybridized carbons (Fsp3) is 0.333. The molecule has 0 N–H and O–H groups in total. The highest BCUT2D eigenvalue weighted by Gasteiger charge is 2.28. The van der Waals surface area contributed by atoms with Crippen LogP contribution >= 0.6 is 0 Å². The van der Waals surface area contributed by atoms with E-state index in [-0.39, 0.29) is 11.9 Å². The second kappa shape index (κ2) is 13.6. The average Bonchev–Trinajstić information content (AvgIpc) is 2.86. The Morgan fingerprint density at radius 1 is 0.639 bits per heavy atom. The van der Waals surface area contributed by atoms with Crippen molar-refractivity contribution < 1.29 is 19.1 Å². The number of benzene rings is 3. The third-order valence-electron chi connectivity index (χ3n) is 5.99. The molecule has 0 bridgehead atoms. The van der Waals surface area contributed by atoms with Gasteiger partial charge >= 0.3 is 11.9 Å². The molecule has 0 amide bonds. The summed E-state index contributed by atoms with van der Waals surface area (Å²) in [5.41, 5.74) is 3.94. The number of rotatable bonds is 12. The molecule has 0 aliphatic carbocycles. The topological polar surface area (TPSA) is 59.1 Å². The molecule has 36 heavy (non-hydrogen) atoms. The molecule has 0 unspecified atom stereocenters. The fourth-order valence-corrected chi connectivity index (χ4v) is 4.44. The number of ether oxygens (including phenoxy) is 2. The van der Waals surface area contributed by atoms with E-state index in [1.165, 1.54) is 0 Å². The van der Waals surface area contributed by atoms with Crippen molar-refractivity contribution in [1.29, 1.82) is 0 Å². The van der Waals surface area contributed by atoms with Crippen LogP contribution in [0.25, 0.3) is 0 Å². The Kier molecular flexibility index (Phi) is 10.2. The number of hydrogen-bond acceptors (Lipinski definition) is 6. The number of hydrogen-bond donors (Lipinski definition) is 0. The van der Waals surface area contributed by atoms with Gasteiger partial charge < -0.3 is 9.47 Å². The normalized spacial score (nSPS) is 12.8. The zero-order valence-corrected chi connectivity index (χ0v) is 21.6. The van der Waals surface area contributed by atoms with E-state index < -0.39 is 12.1 Å². The fourth-order valence-electron chi connectivity index (χ4n) is 4.44. The van der Waals surface area contributed by atoms with Crippen LogP contribution in [0, 0.1) is 0 Å². The summed E-state index contributed by atoms with van der Waals surface area (Å²) in [5, 5.41) is 0. The number of nitrogens with zero attached hydrogens (tertiary/aromatic N) is 2. The van der Waals surface area contributed by atoms with Crippen LogP contribution in [0.2, 0.25) is 0 Å². The second-order valence-electron chi connectivity index (χ2n) is 8.78. The summed E-state index contributed by atoms with van der Waals surface area (Å²) in [4.78, 5) is 29.6. The smallest absolute Gasteiger partial charge is 0.327 e. The van der Waals surface area contributed by atoms with Crippen LogP contribution < -0.4 is 0 Å². The van der Waals surface area contributed by atoms with Crippen molar-refractivity contribution in [2.24, 2.45) is 0 Å². The average molecular weight is 489 g/mol. The number of carbonyl (C=O) groups is 2. The molecule has 3 aromatic rings. The maximum atomic E-state index is 12.8. The maximum Gasteiger partial charge on any atom is 0.327 e. The number of likely N-dealkylation sites (N-methyl/N-ethyl adjacent to an activating group) is 2. The predicted molar refractivity (Wildman–Crippen MR) is 141 cm³/mol. The molecule has 0 heterocycles. The molecule has 0 spiro atoms. The molecule has 0 radical (unpaired) electrons. The van der Waals surface area contributed by atoms with E-state index in [1.807, 2.05) is 117 Å². The molecule has 3 aromatic carbocycles. The summed E-state index contributed by atoms with van der Waals surface area (Å²) in [7, 11) is 3.86. The lowest BCUT2D eigenvalue weighted by Gasteiger charge is -2.28. The molecule has 6 heteroatoms. The Morgan fingerprint density at radius 2 is 1.03 bits per heavy atom. The SMILES string of the molecule is CCOC(=O)[C@@H](c1ccccc1)N(C)Cc1cccc(CN(C)[C@@H](C(=O)OCC)c2ccccc2)c1. The molecule has 0 aromatic heterocycles. The molecule has 0 fully saturated rings. The predicted octanol–water partition coefficient (Wildman–Crippen LogP) is 5.16. The van der Waals surface area contributed by atoms with Crippen LogP contribution in [0.15, 0.2) is 84.9 Å². The second-order valence-corrected chi connectivity index (χ2v) is 8.78. The van der Waals surface area contributed by atoms with Gasteiger partial charge in [-0.25, -0.2) is 9.59 Å². The van der Waals surface area contributed by atoms with E-state index in [2.05, 4.69) is 6.07 Å². The highest BCUT2D eigenvalue weighted by atomic mass is 16.5. The molecule has 3 rings (SSSR count). The lowest BCUT2D eigenvalue weighted by molar-refractivity contribution is -0.150. The molecule has 0 saturated carbocycles. The van der Waals surface area contributed by atoms with Crippen LogP contribution in [-0.4, -0.2) is 49.0 Å². The largest absolute Gasteiger partial charge is 0.465 e. The van der Waals surface area contributed by atoms with Crippen LogP contribution in [0.1, 0.15) is 48.2 Å². The monoisotopic (exact) mass is 488 g/mol. The number of esters is 2. The van der Waals surface area contributed by atoms with Gasteiger partial charge in [0.2, 0.25) is 0 Å². The molecule has 2 atom stereocenters. The highest BCUT2D eigenvalue weighted by molar-refractivity contribution is 5.78. The van der Waals surface area contributed by atoms with Gasteiger partial charge in [-0.3, -0.25) is 9.80 Å². The minimum Gasteiger partial charge on any atom is -0.465 e. The van der Waals surface area contributed by atoms with Gasteiger partial charge in [-0.15, -0.1) is 0 Å². The van der Waals surface area contributed by atoms with Crippen molar-refractivity contribution in [2.75, 3.05) is 27.3 Å². The minimum atomic E-state index is -0.497. The zero-order chi connectivity index (χ0) is 25.9. The Hall–Kier alpha value is -3.48. The van der Waals surface area contributed by atoms with E-state index in [4.69, 9.17) is 9.47 Å². The first-order valence-electron chi connectivity index (χ1n) is 12.4. The van der Waals surface area contributed by atoms with Crippen molar-refractivity contribution in [3.63, 3.8) is 0 Å². The molecular formula is C30H36N2O4. The van der Waals surface area contributed by atoms with Crippen molar-refractivity contribution in [3.05, 3.63) is 107 Å². The first-order valence-corrected chi connectivity index (χ1v) is 12.4. The first-order chi connectivity index (χ1) is 17.4. The standard InChI is InChI=1S/C30H36N2O4/c1-5-35-29(33)27(25-16-9-7-10-17-25)31(3)21-23-14-13-15-24(20-23)22-32(4)28(30(34)36-6-2)26-18-11-8-12-19-26/h7-20,27-28H,5-6,21-22H2,1-4H3/t27-,28-/m1/s1. The van der Waals surface area contributed by atoms with Crippen LogP contribution in [0.3, 0.4) is 0 Å². The lowest BCUT2D eigenvalue weighted by atomic mass is 10.0. The van der Waals surface area contributed by atoms with Crippen LogP contribution in [0.4, 0.5) is 0 Å². The molecule has 0 saturated heterocycles. The summed E-state index contributed by atoms with van der Waals surface area (Å²) in [6.07, 6.45) is 0. The Labute approximate surface area is 214 Å². The van der Waals surface area contributed by atoms with E-state index in [1.54, 1.807) is 0 Å². The highest BCUT2D eigenvalue weighted by Crippen LogP contribution is 2.25. The van der Waals surface area contributed by atoms with E-state index in [0.717, 1.165) is 22.3 Å². The van der Waals surface area contributed by atoms with Crippen molar-refractivity contribution in [3.8, 4) is 0 Å². The maximum absolute atomic E-state index is 12.8. The van der Waals surface area contributed by atoms with E-state index >= 15 is 0 Å². The minimum absolute atomic E-state index is 0.262. The van der Waals surface area contributed by atoms with Crippen LogP contribution in [0.5, 0.6) is 0 Å². The van der Waals surface area contributed by atoms with Gasteiger partial charge in [0, 0.05) is 13.1 Å².